The molecule has 0 radical (unpaired) electrons. The first kappa shape index (κ1) is 16.1. The van der Waals surface area contributed by atoms with Crippen molar-refractivity contribution in [2.75, 3.05) is 19.6 Å². The number of likely N-dealkylation sites (tertiary alicyclic amines) is 1. The van der Waals surface area contributed by atoms with Crippen molar-refractivity contribution in [3.63, 3.8) is 0 Å². The maximum Gasteiger partial charge on any atom is 0.254 e. The van der Waals surface area contributed by atoms with Gasteiger partial charge < -0.3 is 5.32 Å². The lowest BCUT2D eigenvalue weighted by molar-refractivity contribution is 0.0934. The minimum Gasteiger partial charge on any atom is -0.350 e. The van der Waals surface area contributed by atoms with Gasteiger partial charge in [0.05, 0.1) is 11.6 Å². The Morgan fingerprint density at radius 2 is 2.04 bits per heavy atom. The second kappa shape index (κ2) is 7.19. The molecule has 1 fully saturated rings. The molecule has 1 amide bonds. The molecule has 1 N–H and O–H groups in total. The summed E-state index contributed by atoms with van der Waals surface area (Å²) in [6, 6.07) is 7.14. The third-order valence-corrected chi connectivity index (χ3v) is 5.06. The number of carbonyl (C=O) groups excluding carboxylic acids is 1. The van der Waals surface area contributed by atoms with Gasteiger partial charge in [-0.05, 0) is 49.5 Å². The van der Waals surface area contributed by atoms with Gasteiger partial charge in [-0.1, -0.05) is 6.07 Å². The van der Waals surface area contributed by atoms with Gasteiger partial charge in [0.25, 0.3) is 5.91 Å². The number of thiophene rings is 1. The highest BCUT2D eigenvalue weighted by atomic mass is 32.1. The van der Waals surface area contributed by atoms with E-state index in [4.69, 9.17) is 0 Å². The zero-order valence-electron chi connectivity index (χ0n) is 12.6. The summed E-state index contributed by atoms with van der Waals surface area (Å²) in [6.45, 7) is 2.42. The molecule has 3 rings (SSSR count). The van der Waals surface area contributed by atoms with Gasteiger partial charge in [-0.15, -0.1) is 11.3 Å². The fourth-order valence-corrected chi connectivity index (χ4v) is 3.76. The summed E-state index contributed by atoms with van der Waals surface area (Å²) in [7, 11) is 0. The van der Waals surface area contributed by atoms with Crippen LogP contribution < -0.4 is 5.32 Å². The summed E-state index contributed by atoms with van der Waals surface area (Å²) in [4.78, 5) is 15.7. The number of nitrogens with one attached hydrogen (secondary N) is 1. The number of nitrogens with zero attached hydrogens (tertiary/aromatic N) is 1. The molecule has 1 aliphatic rings. The van der Waals surface area contributed by atoms with E-state index in [-0.39, 0.29) is 11.6 Å². The first-order chi connectivity index (χ1) is 11.1. The number of carbonyl (C=O) groups is 1. The largest absolute Gasteiger partial charge is 0.350 e. The Kier molecular flexibility index (Phi) is 5.03. The lowest BCUT2D eigenvalue weighted by Gasteiger charge is -2.27. The maximum absolute atomic E-state index is 13.7. The van der Waals surface area contributed by atoms with Gasteiger partial charge in [0, 0.05) is 17.5 Å². The van der Waals surface area contributed by atoms with Gasteiger partial charge in [0.1, 0.15) is 11.6 Å². The molecular weight excluding hydrogens is 318 g/mol. The van der Waals surface area contributed by atoms with Crippen LogP contribution in [0.5, 0.6) is 0 Å². The number of amides is 1. The van der Waals surface area contributed by atoms with Gasteiger partial charge >= 0.3 is 0 Å². The van der Waals surface area contributed by atoms with Crippen LogP contribution in [0.4, 0.5) is 8.78 Å². The molecule has 1 aromatic heterocycles. The average Bonchev–Trinajstić information content (AvgIpc) is 3.21. The standard InChI is InChI=1S/C17H18F2N2OS/c18-12-5-6-13(14(19)10-12)17(22)20-11-15(16-4-3-9-23-16)21-7-1-2-8-21/h3-6,9-10,15H,1-2,7-8,11H2,(H,20,22). The second-order valence-electron chi connectivity index (χ2n) is 5.61. The normalized spacial score (nSPS) is 16.4. The molecule has 1 aromatic carbocycles. The zero-order valence-corrected chi connectivity index (χ0v) is 13.4. The maximum atomic E-state index is 13.7. The van der Waals surface area contributed by atoms with Crippen LogP contribution in [-0.2, 0) is 0 Å². The summed E-state index contributed by atoms with van der Waals surface area (Å²) >= 11 is 1.65. The highest BCUT2D eigenvalue weighted by Gasteiger charge is 2.25. The molecule has 2 heterocycles. The number of hydrogen-bond donors (Lipinski definition) is 1. The highest BCUT2D eigenvalue weighted by Crippen LogP contribution is 2.27. The second-order valence-corrected chi connectivity index (χ2v) is 6.59. The Hall–Kier alpha value is -1.79. The Labute approximate surface area is 137 Å². The predicted octanol–water partition coefficient (Wildman–Crippen LogP) is 3.59. The number of hydrogen-bond acceptors (Lipinski definition) is 3. The van der Waals surface area contributed by atoms with Crippen LogP contribution in [0.3, 0.4) is 0 Å². The SMILES string of the molecule is O=C(NCC(c1cccs1)N1CCCC1)c1ccc(F)cc1F. The molecule has 23 heavy (non-hydrogen) atoms. The van der Waals surface area contributed by atoms with E-state index in [1.165, 1.54) is 10.9 Å². The Morgan fingerprint density at radius 1 is 1.26 bits per heavy atom. The quantitative estimate of drug-likeness (QED) is 0.905. The zero-order chi connectivity index (χ0) is 16.2. The first-order valence-corrected chi connectivity index (χ1v) is 8.54. The van der Waals surface area contributed by atoms with E-state index in [9.17, 15) is 13.6 Å². The van der Waals surface area contributed by atoms with Crippen LogP contribution in [0.15, 0.2) is 35.7 Å². The van der Waals surface area contributed by atoms with Crippen LogP contribution in [0, 0.1) is 11.6 Å². The van der Waals surface area contributed by atoms with Gasteiger partial charge in [-0.25, -0.2) is 8.78 Å². The van der Waals surface area contributed by atoms with Crippen molar-refractivity contribution in [2.45, 2.75) is 18.9 Å². The Bertz CT molecular complexity index is 669. The van der Waals surface area contributed by atoms with Crippen molar-refractivity contribution in [1.82, 2.24) is 10.2 Å². The molecule has 122 valence electrons. The molecular formula is C17H18F2N2OS. The smallest absolute Gasteiger partial charge is 0.254 e. The Morgan fingerprint density at radius 3 is 2.70 bits per heavy atom. The molecule has 0 aliphatic carbocycles. The van der Waals surface area contributed by atoms with Crippen molar-refractivity contribution in [1.29, 1.82) is 0 Å². The van der Waals surface area contributed by atoms with Gasteiger partial charge in [0.2, 0.25) is 0 Å². The van der Waals surface area contributed by atoms with Crippen molar-refractivity contribution >= 4 is 17.2 Å². The van der Waals surface area contributed by atoms with E-state index in [0.717, 1.165) is 38.1 Å². The third kappa shape index (κ3) is 3.76. The molecule has 3 nitrogen and oxygen atoms in total. The van der Waals surface area contributed by atoms with Crippen molar-refractivity contribution in [3.8, 4) is 0 Å². The van der Waals surface area contributed by atoms with Crippen LogP contribution in [0.25, 0.3) is 0 Å². The fourth-order valence-electron chi connectivity index (χ4n) is 2.90. The summed E-state index contributed by atoms with van der Waals surface area (Å²) in [6.07, 6.45) is 2.31. The topological polar surface area (TPSA) is 32.3 Å². The molecule has 1 saturated heterocycles. The minimum atomic E-state index is -0.837. The number of rotatable bonds is 5. The number of benzene rings is 1. The molecule has 1 atom stereocenters. The van der Waals surface area contributed by atoms with Crippen molar-refractivity contribution in [3.05, 3.63) is 57.8 Å². The predicted molar refractivity (Wildman–Crippen MR) is 86.6 cm³/mol. The van der Waals surface area contributed by atoms with Crippen molar-refractivity contribution in [2.24, 2.45) is 0 Å². The summed E-state index contributed by atoms with van der Waals surface area (Å²) in [5, 5.41) is 4.80. The molecule has 2 aromatic rings. The van der Waals surface area contributed by atoms with Crippen LogP contribution in [-0.4, -0.2) is 30.4 Å². The average molecular weight is 336 g/mol. The molecule has 6 heteroatoms. The highest BCUT2D eigenvalue weighted by molar-refractivity contribution is 7.10. The molecule has 0 saturated carbocycles. The van der Waals surface area contributed by atoms with Gasteiger partial charge in [0.15, 0.2) is 0 Å². The van der Waals surface area contributed by atoms with Crippen LogP contribution in [0.2, 0.25) is 0 Å². The van der Waals surface area contributed by atoms with Crippen molar-refractivity contribution < 1.29 is 13.6 Å². The minimum absolute atomic E-state index is 0.102. The summed E-state index contributed by atoms with van der Waals surface area (Å²) in [5.74, 6) is -2.04. The molecule has 0 bridgehead atoms. The van der Waals surface area contributed by atoms with E-state index in [1.807, 2.05) is 11.4 Å². The van der Waals surface area contributed by atoms with Gasteiger partial charge in [-0.3, -0.25) is 9.69 Å². The van der Waals surface area contributed by atoms with Gasteiger partial charge in [-0.2, -0.15) is 0 Å². The number of halogens is 2. The van der Waals surface area contributed by atoms with Crippen LogP contribution in [0.1, 0.15) is 34.1 Å². The monoisotopic (exact) mass is 336 g/mol. The van der Waals surface area contributed by atoms with E-state index in [1.54, 1.807) is 11.3 Å². The van der Waals surface area contributed by atoms with Crippen LogP contribution >= 0.6 is 11.3 Å². The lowest BCUT2D eigenvalue weighted by Crippen LogP contribution is -2.36. The van der Waals surface area contributed by atoms with E-state index >= 15 is 0 Å². The Balaban J connectivity index is 1.69. The van der Waals surface area contributed by atoms with E-state index in [2.05, 4.69) is 16.3 Å². The summed E-state index contributed by atoms with van der Waals surface area (Å²) in [5.41, 5.74) is -0.127. The van der Waals surface area contributed by atoms with E-state index in [0.29, 0.717) is 6.54 Å². The summed E-state index contributed by atoms with van der Waals surface area (Å²) < 4.78 is 26.6. The third-order valence-electron chi connectivity index (χ3n) is 4.08. The fraction of sp³-hybridized carbons (Fsp3) is 0.353. The molecule has 1 unspecified atom stereocenters. The lowest BCUT2D eigenvalue weighted by atomic mass is 10.1. The molecule has 1 aliphatic heterocycles. The van der Waals surface area contributed by atoms with E-state index < -0.39 is 17.5 Å². The first-order valence-electron chi connectivity index (χ1n) is 7.66. The molecule has 0 spiro atoms.